The Hall–Kier alpha value is -2.92. The molecule has 1 atom stereocenters. The molecule has 0 spiro atoms. The average Bonchev–Trinajstić information content (AvgIpc) is 2.79. The average molecular weight is 418 g/mol. The van der Waals surface area contributed by atoms with Crippen molar-refractivity contribution in [1.82, 2.24) is 9.97 Å². The van der Waals surface area contributed by atoms with Crippen LogP contribution in [0.25, 0.3) is 0 Å². The highest BCUT2D eigenvalue weighted by atomic mass is 16.5. The van der Waals surface area contributed by atoms with E-state index >= 15 is 0 Å². The molecule has 5 heteroatoms. The zero-order chi connectivity index (χ0) is 21.8. The summed E-state index contributed by atoms with van der Waals surface area (Å²) < 4.78 is 11.5. The number of nitrogens with zero attached hydrogens (tertiary/aromatic N) is 3. The van der Waals surface area contributed by atoms with Crippen LogP contribution in [0.15, 0.2) is 60.8 Å². The minimum absolute atomic E-state index is 0.0668. The first kappa shape index (κ1) is 21.3. The number of hydrogen-bond acceptors (Lipinski definition) is 5. The van der Waals surface area contributed by atoms with Crippen LogP contribution in [0.4, 0.5) is 5.95 Å². The molecule has 0 N–H and O–H groups in total. The minimum Gasteiger partial charge on any atom is -0.487 e. The van der Waals surface area contributed by atoms with E-state index in [2.05, 4.69) is 74.0 Å². The molecule has 4 rings (SSSR count). The van der Waals surface area contributed by atoms with Crippen molar-refractivity contribution in [3.63, 3.8) is 0 Å². The van der Waals surface area contributed by atoms with Gasteiger partial charge < -0.3 is 14.4 Å². The fourth-order valence-corrected chi connectivity index (χ4v) is 3.89. The molecular weight excluding hydrogens is 386 g/mol. The number of ether oxygens (including phenoxy) is 2. The van der Waals surface area contributed by atoms with Crippen molar-refractivity contribution in [3.8, 4) is 5.75 Å². The molecule has 3 aromatic rings. The number of aromatic nitrogens is 2. The molecular formula is C26H31N3O2. The zero-order valence-electron chi connectivity index (χ0n) is 18.8. The van der Waals surface area contributed by atoms with E-state index in [4.69, 9.17) is 14.5 Å². The summed E-state index contributed by atoms with van der Waals surface area (Å²) in [6, 6.07) is 19.3. The first-order valence-electron chi connectivity index (χ1n) is 10.9. The largest absolute Gasteiger partial charge is 0.487 e. The van der Waals surface area contributed by atoms with Crippen LogP contribution in [0.3, 0.4) is 0 Å². The third-order valence-electron chi connectivity index (χ3n) is 6.06. The summed E-state index contributed by atoms with van der Waals surface area (Å²) in [7, 11) is 0. The minimum atomic E-state index is -0.0668. The number of benzene rings is 2. The van der Waals surface area contributed by atoms with Crippen molar-refractivity contribution in [2.24, 2.45) is 0 Å². The van der Waals surface area contributed by atoms with Crippen molar-refractivity contribution >= 4 is 5.95 Å². The maximum absolute atomic E-state index is 6.02. The standard InChI is InChI=1S/C26H31N3O2/c1-19-5-7-21(8-6-19)26(3,4)22-9-11-24(12-10-22)31-18-23-13-14-27-25(28-23)29-15-16-30-17-20(29)2/h5-14,20H,15-18H2,1-4H3/t20-/m1/s1. The number of anilines is 1. The van der Waals surface area contributed by atoms with Crippen molar-refractivity contribution < 1.29 is 9.47 Å². The van der Waals surface area contributed by atoms with Gasteiger partial charge in [0.1, 0.15) is 12.4 Å². The van der Waals surface area contributed by atoms with Gasteiger partial charge in [-0.25, -0.2) is 9.97 Å². The lowest BCUT2D eigenvalue weighted by molar-refractivity contribution is 0.0980. The molecule has 31 heavy (non-hydrogen) atoms. The van der Waals surface area contributed by atoms with E-state index in [-0.39, 0.29) is 11.5 Å². The lowest BCUT2D eigenvalue weighted by Gasteiger charge is -2.33. The van der Waals surface area contributed by atoms with Crippen LogP contribution in [0, 0.1) is 6.92 Å². The molecule has 1 fully saturated rings. The molecule has 2 heterocycles. The number of aryl methyl sites for hydroxylation is 1. The van der Waals surface area contributed by atoms with Crippen LogP contribution in [-0.2, 0) is 16.8 Å². The molecule has 162 valence electrons. The Bertz CT molecular complexity index is 1000. The Kier molecular flexibility index (Phi) is 6.23. The summed E-state index contributed by atoms with van der Waals surface area (Å²) in [5.41, 5.74) is 4.64. The van der Waals surface area contributed by atoms with Crippen molar-refractivity contribution in [1.29, 1.82) is 0 Å². The van der Waals surface area contributed by atoms with Gasteiger partial charge in [-0.2, -0.15) is 0 Å². The van der Waals surface area contributed by atoms with E-state index in [1.54, 1.807) is 6.20 Å². The molecule has 0 saturated carbocycles. The predicted octanol–water partition coefficient (Wildman–Crippen LogP) is 4.92. The van der Waals surface area contributed by atoms with E-state index in [1.165, 1.54) is 16.7 Å². The normalized spacial score (nSPS) is 16.9. The van der Waals surface area contributed by atoms with Crippen LogP contribution < -0.4 is 9.64 Å². The third kappa shape index (κ3) is 4.88. The lowest BCUT2D eigenvalue weighted by atomic mass is 9.78. The number of morpholine rings is 1. The summed E-state index contributed by atoms with van der Waals surface area (Å²) in [6.07, 6.45) is 1.80. The highest BCUT2D eigenvalue weighted by Gasteiger charge is 2.23. The zero-order valence-corrected chi connectivity index (χ0v) is 18.8. The van der Waals surface area contributed by atoms with E-state index in [1.807, 2.05) is 18.2 Å². The molecule has 0 bridgehead atoms. The van der Waals surface area contributed by atoms with Gasteiger partial charge in [0.2, 0.25) is 5.95 Å². The van der Waals surface area contributed by atoms with Crippen LogP contribution in [0.2, 0.25) is 0 Å². The van der Waals surface area contributed by atoms with Crippen molar-refractivity contribution in [2.45, 2.75) is 45.8 Å². The van der Waals surface area contributed by atoms with Gasteiger partial charge >= 0.3 is 0 Å². The Labute approximate surface area is 185 Å². The van der Waals surface area contributed by atoms with Gasteiger partial charge in [-0.15, -0.1) is 0 Å². The van der Waals surface area contributed by atoms with Gasteiger partial charge in [0.15, 0.2) is 0 Å². The molecule has 0 aliphatic carbocycles. The second-order valence-electron chi connectivity index (χ2n) is 8.77. The summed E-state index contributed by atoms with van der Waals surface area (Å²) in [6.45, 7) is 11.4. The molecule has 0 radical (unpaired) electrons. The van der Waals surface area contributed by atoms with Crippen LogP contribution in [0.5, 0.6) is 5.75 Å². The second-order valence-corrected chi connectivity index (χ2v) is 8.77. The highest BCUT2D eigenvalue weighted by Crippen LogP contribution is 2.32. The summed E-state index contributed by atoms with van der Waals surface area (Å²) in [4.78, 5) is 11.3. The van der Waals surface area contributed by atoms with Gasteiger partial charge in [0, 0.05) is 18.2 Å². The smallest absolute Gasteiger partial charge is 0.226 e. The van der Waals surface area contributed by atoms with Gasteiger partial charge in [0.05, 0.1) is 24.9 Å². The molecule has 1 saturated heterocycles. The van der Waals surface area contributed by atoms with E-state index in [0.29, 0.717) is 19.8 Å². The maximum atomic E-state index is 6.02. The first-order valence-corrected chi connectivity index (χ1v) is 10.9. The lowest BCUT2D eigenvalue weighted by Crippen LogP contribution is -2.44. The van der Waals surface area contributed by atoms with Gasteiger partial charge in [0.25, 0.3) is 0 Å². The van der Waals surface area contributed by atoms with E-state index in [9.17, 15) is 0 Å². The Balaban J connectivity index is 1.42. The van der Waals surface area contributed by atoms with Gasteiger partial charge in [-0.3, -0.25) is 0 Å². The molecule has 0 unspecified atom stereocenters. The molecule has 1 aliphatic rings. The van der Waals surface area contributed by atoms with Crippen molar-refractivity contribution in [2.75, 3.05) is 24.7 Å². The fraction of sp³-hybridized carbons (Fsp3) is 0.385. The topological polar surface area (TPSA) is 47.5 Å². The first-order chi connectivity index (χ1) is 14.9. The molecule has 1 aliphatic heterocycles. The van der Waals surface area contributed by atoms with E-state index < -0.39 is 0 Å². The quantitative estimate of drug-likeness (QED) is 0.570. The van der Waals surface area contributed by atoms with Crippen LogP contribution >= 0.6 is 0 Å². The van der Waals surface area contributed by atoms with Crippen LogP contribution in [-0.4, -0.2) is 35.8 Å². The van der Waals surface area contributed by atoms with E-state index in [0.717, 1.165) is 23.9 Å². The fourth-order valence-electron chi connectivity index (χ4n) is 3.89. The second kappa shape index (κ2) is 9.06. The molecule has 0 amide bonds. The van der Waals surface area contributed by atoms with Gasteiger partial charge in [-0.1, -0.05) is 55.8 Å². The summed E-state index contributed by atoms with van der Waals surface area (Å²) in [5.74, 6) is 1.58. The predicted molar refractivity (Wildman–Crippen MR) is 124 cm³/mol. The maximum Gasteiger partial charge on any atom is 0.226 e. The van der Waals surface area contributed by atoms with Crippen LogP contribution in [0.1, 0.15) is 43.2 Å². The highest BCUT2D eigenvalue weighted by molar-refractivity contribution is 5.41. The summed E-state index contributed by atoms with van der Waals surface area (Å²) in [5, 5.41) is 0. The van der Waals surface area contributed by atoms with Gasteiger partial charge in [-0.05, 0) is 43.2 Å². The Morgan fingerprint density at radius 3 is 2.39 bits per heavy atom. The third-order valence-corrected chi connectivity index (χ3v) is 6.06. The molecule has 1 aromatic heterocycles. The Morgan fingerprint density at radius 2 is 1.71 bits per heavy atom. The Morgan fingerprint density at radius 1 is 1.03 bits per heavy atom. The molecule has 2 aromatic carbocycles. The molecule has 5 nitrogen and oxygen atoms in total. The number of rotatable bonds is 6. The summed E-state index contributed by atoms with van der Waals surface area (Å²) >= 11 is 0. The number of hydrogen-bond donors (Lipinski definition) is 0. The van der Waals surface area contributed by atoms with Crippen molar-refractivity contribution in [3.05, 3.63) is 83.2 Å². The monoisotopic (exact) mass is 417 g/mol. The SMILES string of the molecule is Cc1ccc(C(C)(C)c2ccc(OCc3ccnc(N4CCOC[C@H]4C)n3)cc2)cc1.